The SMILES string of the molecule is CCCOc1ccc(C(=O)CCC(=O)OCC(=O)Nc2ccc(C(F)(F)F)cc2[N+](=O)[O-])cc1. The maximum atomic E-state index is 12.7. The van der Waals surface area contributed by atoms with Crippen LogP contribution in [-0.2, 0) is 20.5 Å². The number of rotatable bonds is 11. The number of nitro groups is 1. The van der Waals surface area contributed by atoms with Crippen molar-refractivity contribution in [2.75, 3.05) is 18.5 Å². The number of anilines is 1. The molecule has 9 nitrogen and oxygen atoms in total. The highest BCUT2D eigenvalue weighted by Crippen LogP contribution is 2.34. The number of amides is 1. The Labute approximate surface area is 192 Å². The largest absolute Gasteiger partial charge is 0.494 e. The summed E-state index contributed by atoms with van der Waals surface area (Å²) in [5, 5.41) is 13.1. The van der Waals surface area contributed by atoms with Crippen molar-refractivity contribution in [1.82, 2.24) is 0 Å². The number of carbonyl (C=O) groups is 3. The van der Waals surface area contributed by atoms with E-state index in [4.69, 9.17) is 9.47 Å². The molecule has 0 aromatic heterocycles. The van der Waals surface area contributed by atoms with Gasteiger partial charge in [-0.15, -0.1) is 0 Å². The Kier molecular flexibility index (Phi) is 9.10. The molecule has 0 heterocycles. The van der Waals surface area contributed by atoms with E-state index in [0.717, 1.165) is 12.5 Å². The summed E-state index contributed by atoms with van der Waals surface area (Å²) in [5.41, 5.74) is -2.34. The maximum Gasteiger partial charge on any atom is 0.416 e. The molecule has 0 saturated carbocycles. The molecule has 0 unspecified atom stereocenters. The minimum absolute atomic E-state index is 0.181. The molecule has 0 fully saturated rings. The summed E-state index contributed by atoms with van der Waals surface area (Å²) < 4.78 is 48.4. The topological polar surface area (TPSA) is 125 Å². The molecule has 1 N–H and O–H groups in total. The lowest BCUT2D eigenvalue weighted by molar-refractivity contribution is -0.384. The zero-order valence-electron chi connectivity index (χ0n) is 18.0. The van der Waals surface area contributed by atoms with E-state index < -0.39 is 46.5 Å². The van der Waals surface area contributed by atoms with E-state index in [0.29, 0.717) is 24.0 Å². The lowest BCUT2D eigenvalue weighted by Crippen LogP contribution is -2.22. The third-order valence-corrected chi connectivity index (χ3v) is 4.37. The van der Waals surface area contributed by atoms with Crippen molar-refractivity contribution < 1.29 is 42.0 Å². The summed E-state index contributed by atoms with van der Waals surface area (Å²) in [6.07, 6.45) is -4.46. The first kappa shape index (κ1) is 26.3. The number of hydrogen-bond donors (Lipinski definition) is 1. The molecule has 2 aromatic rings. The van der Waals surface area contributed by atoms with Crippen LogP contribution in [0.3, 0.4) is 0 Å². The second-order valence-electron chi connectivity index (χ2n) is 6.99. The smallest absolute Gasteiger partial charge is 0.416 e. The Morgan fingerprint density at radius 1 is 1.06 bits per heavy atom. The van der Waals surface area contributed by atoms with Crippen molar-refractivity contribution in [2.24, 2.45) is 0 Å². The van der Waals surface area contributed by atoms with Gasteiger partial charge in [-0.25, -0.2) is 0 Å². The van der Waals surface area contributed by atoms with Crippen LogP contribution in [0, 0.1) is 10.1 Å². The lowest BCUT2D eigenvalue weighted by Gasteiger charge is -2.10. The highest BCUT2D eigenvalue weighted by atomic mass is 19.4. The predicted molar refractivity (Wildman–Crippen MR) is 113 cm³/mol. The van der Waals surface area contributed by atoms with Crippen LogP contribution in [-0.4, -0.2) is 35.8 Å². The van der Waals surface area contributed by atoms with E-state index in [-0.39, 0.29) is 24.7 Å². The minimum atomic E-state index is -4.80. The fraction of sp³-hybridized carbons (Fsp3) is 0.318. The van der Waals surface area contributed by atoms with Crippen LogP contribution in [0.1, 0.15) is 42.1 Å². The molecule has 0 bridgehead atoms. The second kappa shape index (κ2) is 11.8. The number of halogens is 3. The zero-order valence-corrected chi connectivity index (χ0v) is 18.0. The van der Waals surface area contributed by atoms with Crippen LogP contribution >= 0.6 is 0 Å². The van der Waals surface area contributed by atoms with Crippen molar-refractivity contribution in [1.29, 1.82) is 0 Å². The van der Waals surface area contributed by atoms with E-state index in [1.54, 1.807) is 24.3 Å². The summed E-state index contributed by atoms with van der Waals surface area (Å²) in [5.74, 6) is -1.58. The van der Waals surface area contributed by atoms with Gasteiger partial charge in [-0.3, -0.25) is 24.5 Å². The van der Waals surface area contributed by atoms with Gasteiger partial charge in [-0.05, 0) is 42.8 Å². The van der Waals surface area contributed by atoms with Gasteiger partial charge in [-0.1, -0.05) is 6.92 Å². The number of ether oxygens (including phenoxy) is 2. The highest BCUT2D eigenvalue weighted by molar-refractivity contribution is 5.98. The molecule has 0 atom stereocenters. The van der Waals surface area contributed by atoms with E-state index in [9.17, 15) is 37.7 Å². The number of nitrogens with zero attached hydrogens (tertiary/aromatic N) is 1. The number of carbonyl (C=O) groups excluding carboxylic acids is 3. The van der Waals surface area contributed by atoms with Gasteiger partial charge in [0, 0.05) is 18.1 Å². The first-order valence-electron chi connectivity index (χ1n) is 10.1. The Balaban J connectivity index is 1.84. The number of nitro benzene ring substituents is 1. The van der Waals surface area contributed by atoms with Gasteiger partial charge in [-0.2, -0.15) is 13.2 Å². The van der Waals surface area contributed by atoms with Crippen molar-refractivity contribution in [2.45, 2.75) is 32.4 Å². The molecule has 0 saturated heterocycles. The molecule has 0 aliphatic rings. The third-order valence-electron chi connectivity index (χ3n) is 4.37. The molecular weight excluding hydrogens is 461 g/mol. The predicted octanol–water partition coefficient (Wildman–Crippen LogP) is 4.55. The maximum absolute atomic E-state index is 12.7. The molecule has 12 heteroatoms. The molecule has 1 amide bonds. The fourth-order valence-corrected chi connectivity index (χ4v) is 2.69. The van der Waals surface area contributed by atoms with Gasteiger partial charge in [0.1, 0.15) is 11.4 Å². The number of hydrogen-bond acceptors (Lipinski definition) is 7. The van der Waals surface area contributed by atoms with Crippen LogP contribution in [0.5, 0.6) is 5.75 Å². The van der Waals surface area contributed by atoms with Gasteiger partial charge in [0.25, 0.3) is 11.6 Å². The average Bonchev–Trinajstić information content (AvgIpc) is 2.79. The van der Waals surface area contributed by atoms with Crippen molar-refractivity contribution >= 4 is 29.0 Å². The van der Waals surface area contributed by atoms with Gasteiger partial charge < -0.3 is 14.8 Å². The van der Waals surface area contributed by atoms with Gasteiger partial charge >= 0.3 is 12.1 Å². The first-order valence-corrected chi connectivity index (χ1v) is 10.1. The summed E-state index contributed by atoms with van der Waals surface area (Å²) >= 11 is 0. The van der Waals surface area contributed by atoms with Crippen molar-refractivity contribution in [3.05, 3.63) is 63.7 Å². The van der Waals surface area contributed by atoms with Gasteiger partial charge in [0.05, 0.1) is 23.5 Å². The number of esters is 1. The number of alkyl halides is 3. The fourth-order valence-electron chi connectivity index (χ4n) is 2.69. The second-order valence-corrected chi connectivity index (χ2v) is 6.99. The number of benzene rings is 2. The Morgan fingerprint density at radius 2 is 1.74 bits per heavy atom. The van der Waals surface area contributed by atoms with Crippen LogP contribution < -0.4 is 10.1 Å². The molecule has 0 aliphatic carbocycles. The van der Waals surface area contributed by atoms with E-state index in [1.807, 2.05) is 12.2 Å². The summed E-state index contributed by atoms with van der Waals surface area (Å²) in [4.78, 5) is 45.9. The number of nitrogens with one attached hydrogen (secondary N) is 1. The van der Waals surface area contributed by atoms with Crippen LogP contribution in [0.4, 0.5) is 24.5 Å². The molecule has 0 radical (unpaired) electrons. The normalized spacial score (nSPS) is 10.9. The average molecular weight is 482 g/mol. The van der Waals surface area contributed by atoms with Crippen LogP contribution in [0.2, 0.25) is 0 Å². The van der Waals surface area contributed by atoms with E-state index >= 15 is 0 Å². The third kappa shape index (κ3) is 7.87. The molecule has 2 aromatic carbocycles. The lowest BCUT2D eigenvalue weighted by atomic mass is 10.1. The van der Waals surface area contributed by atoms with Crippen molar-refractivity contribution in [3.63, 3.8) is 0 Å². The zero-order chi connectivity index (χ0) is 25.3. The van der Waals surface area contributed by atoms with Crippen molar-refractivity contribution in [3.8, 4) is 5.75 Å². The quantitative estimate of drug-likeness (QED) is 0.216. The first-order chi connectivity index (χ1) is 16.0. The summed E-state index contributed by atoms with van der Waals surface area (Å²) in [6, 6.07) is 7.97. The Bertz CT molecular complexity index is 1050. The van der Waals surface area contributed by atoms with E-state index in [1.165, 1.54) is 0 Å². The molecular formula is C22H21F3N2O7. The van der Waals surface area contributed by atoms with Crippen LogP contribution in [0.25, 0.3) is 0 Å². The number of Topliss-reactive ketones (excluding diaryl/α,β-unsaturated/α-hetero) is 1. The molecule has 34 heavy (non-hydrogen) atoms. The van der Waals surface area contributed by atoms with Gasteiger partial charge in [0.2, 0.25) is 0 Å². The Hall–Kier alpha value is -3.96. The summed E-state index contributed by atoms with van der Waals surface area (Å²) in [6.45, 7) is 1.66. The highest BCUT2D eigenvalue weighted by Gasteiger charge is 2.33. The minimum Gasteiger partial charge on any atom is -0.494 e. The molecule has 0 aliphatic heterocycles. The molecule has 2 rings (SSSR count). The Morgan fingerprint density at radius 3 is 2.32 bits per heavy atom. The van der Waals surface area contributed by atoms with Crippen LogP contribution in [0.15, 0.2) is 42.5 Å². The molecule has 182 valence electrons. The summed E-state index contributed by atoms with van der Waals surface area (Å²) in [7, 11) is 0. The number of ketones is 1. The van der Waals surface area contributed by atoms with Gasteiger partial charge in [0.15, 0.2) is 12.4 Å². The standard InChI is InChI=1S/C22H21F3N2O7/c1-2-11-33-16-6-3-14(4-7-16)19(28)9-10-21(30)34-13-20(29)26-17-8-5-15(22(23,24)25)12-18(17)27(31)32/h3-8,12H,2,9-11,13H2,1H3,(H,26,29). The monoisotopic (exact) mass is 482 g/mol. The molecule has 0 spiro atoms. The van der Waals surface area contributed by atoms with E-state index in [2.05, 4.69) is 0 Å².